The van der Waals surface area contributed by atoms with Crippen molar-refractivity contribution in [3.8, 4) is 22.8 Å². The Kier molecular flexibility index (Phi) is 4.70. The molecule has 1 amide bonds. The Bertz CT molecular complexity index is 1280. The van der Waals surface area contributed by atoms with E-state index in [1.54, 1.807) is 30.3 Å². The fourth-order valence-electron chi connectivity index (χ4n) is 4.19. The van der Waals surface area contributed by atoms with E-state index in [1.807, 2.05) is 19.1 Å². The molecule has 6 nitrogen and oxygen atoms in total. The zero-order chi connectivity index (χ0) is 23.4. The van der Waals surface area contributed by atoms with Gasteiger partial charge in [0.15, 0.2) is 11.5 Å². The van der Waals surface area contributed by atoms with Crippen LogP contribution in [0.25, 0.3) is 11.3 Å². The molecule has 2 heterocycles. The average molecular weight is 450 g/mol. The summed E-state index contributed by atoms with van der Waals surface area (Å²) in [5, 5.41) is 0. The summed E-state index contributed by atoms with van der Waals surface area (Å²) in [7, 11) is 0. The number of carbonyl (C=O) groups excluding carboxylic acids is 2. The number of primary amides is 1. The molecule has 168 valence electrons. The first-order valence-corrected chi connectivity index (χ1v) is 10.5. The second-order valence-corrected chi connectivity index (χ2v) is 8.42. The fourth-order valence-corrected chi connectivity index (χ4v) is 4.19. The zero-order valence-electron chi connectivity index (χ0n) is 17.7. The average Bonchev–Trinajstić information content (AvgIpc) is 3.52. The number of aromatic nitrogens is 1. The number of nitrogens with two attached hydrogens (primary N) is 1. The van der Waals surface area contributed by atoms with Gasteiger partial charge in [0.2, 0.25) is 5.91 Å². The van der Waals surface area contributed by atoms with E-state index in [0.29, 0.717) is 35.4 Å². The number of Topliss-reactive ketones (excluding diaryl/α,β-unsaturated/α-hetero) is 1. The molecule has 0 saturated heterocycles. The normalized spacial score (nSPS) is 16.9. The van der Waals surface area contributed by atoms with E-state index in [0.717, 1.165) is 11.1 Å². The van der Waals surface area contributed by atoms with Gasteiger partial charge in [0.05, 0.1) is 11.1 Å². The number of halogens is 2. The van der Waals surface area contributed by atoms with Crippen LogP contribution in [0.4, 0.5) is 8.78 Å². The summed E-state index contributed by atoms with van der Waals surface area (Å²) in [4.78, 5) is 29.3. The van der Waals surface area contributed by atoms with Crippen molar-refractivity contribution in [2.24, 2.45) is 5.73 Å². The summed E-state index contributed by atoms with van der Waals surface area (Å²) in [6.45, 7) is 1.92. The van der Waals surface area contributed by atoms with Gasteiger partial charge >= 0.3 is 6.29 Å². The highest BCUT2D eigenvalue weighted by Gasteiger charge is 2.52. The van der Waals surface area contributed by atoms with Crippen molar-refractivity contribution in [2.75, 3.05) is 0 Å². The van der Waals surface area contributed by atoms with Crippen LogP contribution in [0.2, 0.25) is 0 Å². The number of alkyl halides is 2. The van der Waals surface area contributed by atoms with Crippen LogP contribution in [0.3, 0.4) is 0 Å². The molecule has 1 fully saturated rings. The molecule has 2 aliphatic rings. The van der Waals surface area contributed by atoms with Crippen LogP contribution < -0.4 is 15.2 Å². The maximum absolute atomic E-state index is 13.4. The third kappa shape index (κ3) is 3.82. The third-order valence-corrected chi connectivity index (χ3v) is 6.18. The third-order valence-electron chi connectivity index (χ3n) is 6.18. The van der Waals surface area contributed by atoms with Gasteiger partial charge in [-0.1, -0.05) is 24.3 Å². The molecule has 3 aromatic rings. The van der Waals surface area contributed by atoms with Crippen molar-refractivity contribution in [1.82, 2.24) is 4.98 Å². The minimum Gasteiger partial charge on any atom is -0.395 e. The molecule has 1 aliphatic heterocycles. The van der Waals surface area contributed by atoms with Crippen molar-refractivity contribution in [1.29, 1.82) is 0 Å². The Morgan fingerprint density at radius 2 is 1.70 bits per heavy atom. The zero-order valence-corrected chi connectivity index (χ0v) is 17.7. The van der Waals surface area contributed by atoms with Gasteiger partial charge in [-0.15, -0.1) is 8.78 Å². The van der Waals surface area contributed by atoms with E-state index < -0.39 is 17.6 Å². The summed E-state index contributed by atoms with van der Waals surface area (Å²) < 4.78 is 35.7. The van der Waals surface area contributed by atoms with Crippen LogP contribution in [0.1, 0.15) is 40.0 Å². The van der Waals surface area contributed by atoms with Crippen LogP contribution in [0.5, 0.6) is 11.5 Å². The first-order valence-electron chi connectivity index (χ1n) is 10.5. The first-order chi connectivity index (χ1) is 15.7. The van der Waals surface area contributed by atoms with Crippen LogP contribution in [-0.4, -0.2) is 23.0 Å². The number of hydrogen-bond acceptors (Lipinski definition) is 5. The van der Waals surface area contributed by atoms with Gasteiger partial charge in [0.25, 0.3) is 0 Å². The van der Waals surface area contributed by atoms with E-state index in [1.165, 1.54) is 12.1 Å². The molecule has 2 N–H and O–H groups in total. The lowest BCUT2D eigenvalue weighted by atomic mass is 9.88. The minimum absolute atomic E-state index is 0.0282. The van der Waals surface area contributed by atoms with Crippen LogP contribution in [0.15, 0.2) is 54.6 Å². The summed E-state index contributed by atoms with van der Waals surface area (Å²) in [5.41, 5.74) is 8.68. The molecule has 0 bridgehead atoms. The molecule has 0 radical (unpaired) electrons. The predicted molar refractivity (Wildman–Crippen MR) is 115 cm³/mol. The molecular formula is C25H20F2N2O4. The number of hydrogen-bond donors (Lipinski definition) is 1. The summed E-state index contributed by atoms with van der Waals surface area (Å²) in [5.74, 6) is -0.641. The van der Waals surface area contributed by atoms with Crippen molar-refractivity contribution in [3.63, 3.8) is 0 Å². The molecule has 0 unspecified atom stereocenters. The maximum Gasteiger partial charge on any atom is 0.586 e. The summed E-state index contributed by atoms with van der Waals surface area (Å²) >= 11 is 0. The Labute approximate surface area is 188 Å². The van der Waals surface area contributed by atoms with E-state index in [9.17, 15) is 18.4 Å². The molecule has 0 atom stereocenters. The van der Waals surface area contributed by atoms with Crippen LogP contribution in [0, 0.1) is 6.92 Å². The number of carbonyl (C=O) groups is 2. The Morgan fingerprint density at radius 1 is 1.00 bits per heavy atom. The predicted octanol–water partition coefficient (Wildman–Crippen LogP) is 4.32. The van der Waals surface area contributed by atoms with Crippen molar-refractivity contribution >= 4 is 11.7 Å². The molecule has 8 heteroatoms. The number of ether oxygens (including phenoxy) is 2. The smallest absolute Gasteiger partial charge is 0.395 e. The van der Waals surface area contributed by atoms with Gasteiger partial charge in [-0.3, -0.25) is 14.6 Å². The van der Waals surface area contributed by atoms with Crippen LogP contribution >= 0.6 is 0 Å². The fraction of sp³-hybridized carbons (Fsp3) is 0.240. The lowest BCUT2D eigenvalue weighted by Gasteiger charge is -2.15. The Morgan fingerprint density at radius 3 is 2.36 bits per heavy atom. The number of fused-ring (bicyclic) bond motifs is 1. The first kappa shape index (κ1) is 21.1. The maximum atomic E-state index is 13.4. The van der Waals surface area contributed by atoms with Crippen molar-refractivity contribution in [2.45, 2.75) is 37.9 Å². The lowest BCUT2D eigenvalue weighted by molar-refractivity contribution is -0.286. The highest BCUT2D eigenvalue weighted by Crippen LogP contribution is 2.52. The monoisotopic (exact) mass is 450 g/mol. The number of aryl methyl sites for hydroxylation is 1. The minimum atomic E-state index is -3.69. The highest BCUT2D eigenvalue weighted by atomic mass is 19.3. The molecule has 5 rings (SSSR count). The molecule has 1 aliphatic carbocycles. The van der Waals surface area contributed by atoms with Crippen molar-refractivity contribution < 1.29 is 27.8 Å². The Balaban J connectivity index is 1.38. The molecule has 0 spiro atoms. The lowest BCUT2D eigenvalue weighted by Crippen LogP contribution is -2.26. The summed E-state index contributed by atoms with van der Waals surface area (Å²) in [6, 6.07) is 15.0. The molecule has 1 aromatic heterocycles. The van der Waals surface area contributed by atoms with Gasteiger partial charge in [0.1, 0.15) is 5.78 Å². The quantitative estimate of drug-likeness (QED) is 0.604. The number of ketones is 1. The standard InChI is InChI=1S/C25H20F2N2O4/c1-14-2-8-18(29-22(14)15-3-5-16(6-4-15)23(28)31)13-21(30)24(10-11-24)17-7-9-19-20(12-17)33-25(26,27)32-19/h2-9,12H,10-11,13H2,1H3,(H2,28,31). The van der Waals surface area contributed by atoms with Gasteiger partial charge < -0.3 is 15.2 Å². The van der Waals surface area contributed by atoms with Gasteiger partial charge in [-0.2, -0.15) is 0 Å². The second-order valence-electron chi connectivity index (χ2n) is 8.42. The van der Waals surface area contributed by atoms with E-state index >= 15 is 0 Å². The second kappa shape index (κ2) is 7.37. The van der Waals surface area contributed by atoms with Crippen LogP contribution in [-0.2, 0) is 16.6 Å². The van der Waals surface area contributed by atoms with Crippen molar-refractivity contribution in [3.05, 3.63) is 77.0 Å². The number of rotatable bonds is 6. The largest absolute Gasteiger partial charge is 0.586 e. The topological polar surface area (TPSA) is 91.5 Å². The molecule has 33 heavy (non-hydrogen) atoms. The van der Waals surface area contributed by atoms with Gasteiger partial charge in [-0.05, 0) is 61.2 Å². The highest BCUT2D eigenvalue weighted by molar-refractivity contribution is 5.95. The Hall–Kier alpha value is -3.81. The molecular weight excluding hydrogens is 430 g/mol. The number of nitrogens with zero attached hydrogens (tertiary/aromatic N) is 1. The van der Waals surface area contributed by atoms with Gasteiger partial charge in [-0.25, -0.2) is 0 Å². The molecule has 1 saturated carbocycles. The summed E-state index contributed by atoms with van der Waals surface area (Å²) in [6.07, 6.45) is -2.32. The molecule has 2 aromatic carbocycles. The van der Waals surface area contributed by atoms with E-state index in [-0.39, 0.29) is 23.7 Å². The SMILES string of the molecule is Cc1ccc(CC(=O)C2(c3ccc4c(c3)OC(F)(F)O4)CC2)nc1-c1ccc(C(N)=O)cc1. The van der Waals surface area contributed by atoms with Gasteiger partial charge in [0, 0.05) is 23.2 Å². The number of benzene rings is 2. The number of pyridine rings is 1. The van der Waals surface area contributed by atoms with E-state index in [4.69, 9.17) is 5.73 Å². The number of amides is 1. The van der Waals surface area contributed by atoms with E-state index in [2.05, 4.69) is 14.5 Å².